The predicted octanol–water partition coefficient (Wildman–Crippen LogP) is 6.97. The maximum Gasteiger partial charge on any atom is 0.232 e. The van der Waals surface area contributed by atoms with Crippen molar-refractivity contribution in [3.8, 4) is 40.0 Å². The van der Waals surface area contributed by atoms with Gasteiger partial charge in [0.25, 0.3) is 0 Å². The van der Waals surface area contributed by atoms with E-state index in [-0.39, 0.29) is 31.1 Å². The first-order valence-corrected chi connectivity index (χ1v) is 16.8. The van der Waals surface area contributed by atoms with E-state index in [1.54, 1.807) is 37.4 Å². The van der Waals surface area contributed by atoms with Crippen LogP contribution in [-0.2, 0) is 10.0 Å². The number of nitrogens with one attached hydrogen (secondary N) is 1. The van der Waals surface area contributed by atoms with Crippen LogP contribution in [0, 0.1) is 17.1 Å². The third-order valence-electron chi connectivity index (χ3n) is 7.69. The lowest BCUT2D eigenvalue weighted by Gasteiger charge is -2.25. The number of hydrogen-bond acceptors (Lipinski definition) is 9. The first-order chi connectivity index (χ1) is 22.7. The zero-order chi connectivity index (χ0) is 33.1. The molecule has 3 aromatic heterocycles. The maximum absolute atomic E-state index is 13.8. The Balaban J connectivity index is 1.57. The molecule has 0 fully saturated rings. The highest BCUT2D eigenvalue weighted by molar-refractivity contribution is 7.92. The van der Waals surface area contributed by atoms with Crippen LogP contribution in [-0.4, -0.2) is 50.1 Å². The summed E-state index contributed by atoms with van der Waals surface area (Å²) in [7, 11) is -3.82. The Hall–Kier alpha value is -5.38. The van der Waals surface area contributed by atoms with Crippen molar-refractivity contribution >= 4 is 43.7 Å². The molecule has 0 radical (unpaired) electrons. The minimum absolute atomic E-state index is 0.110. The van der Waals surface area contributed by atoms with Crippen molar-refractivity contribution in [2.24, 2.45) is 0 Å². The second-order valence-electron chi connectivity index (χ2n) is 10.9. The number of Topliss-reactive ketones (excluding diaryl/α,β-unsaturated/α-hetero) is 1. The summed E-state index contributed by atoms with van der Waals surface area (Å²) in [6, 6.07) is 21.9. The number of pyridine rings is 1. The highest BCUT2D eigenvalue weighted by Gasteiger charge is 2.27. The predicted molar refractivity (Wildman–Crippen MR) is 178 cm³/mol. The first-order valence-electron chi connectivity index (χ1n) is 15.0. The lowest BCUT2D eigenvalue weighted by atomic mass is 9.95. The van der Waals surface area contributed by atoms with Gasteiger partial charge in [-0.25, -0.2) is 17.8 Å². The molecule has 0 aliphatic rings. The first kappa shape index (κ1) is 31.6. The van der Waals surface area contributed by atoms with Gasteiger partial charge in [-0.2, -0.15) is 10.2 Å². The Labute approximate surface area is 270 Å². The van der Waals surface area contributed by atoms with Crippen LogP contribution in [0.25, 0.3) is 56.1 Å². The van der Waals surface area contributed by atoms with Gasteiger partial charge in [-0.1, -0.05) is 19.1 Å². The van der Waals surface area contributed by atoms with Gasteiger partial charge in [-0.15, -0.1) is 0 Å². The lowest BCUT2D eigenvalue weighted by molar-refractivity contribution is 0.0989. The number of furan rings is 1. The number of rotatable bonds is 12. The molecule has 1 N–H and O–H groups in total. The van der Waals surface area contributed by atoms with Crippen molar-refractivity contribution in [1.29, 1.82) is 5.26 Å². The Morgan fingerprint density at radius 3 is 2.51 bits per heavy atom. The Morgan fingerprint density at radius 1 is 1.00 bits per heavy atom. The summed E-state index contributed by atoms with van der Waals surface area (Å²) in [4.78, 5) is 22.2. The fraction of sp³-hybridized carbons (Fsp3) is 0.200. The molecule has 0 amide bonds. The van der Waals surface area contributed by atoms with Crippen molar-refractivity contribution in [2.75, 3.05) is 30.2 Å². The van der Waals surface area contributed by atoms with Gasteiger partial charge in [0, 0.05) is 47.3 Å². The van der Waals surface area contributed by atoms with Crippen molar-refractivity contribution in [2.45, 2.75) is 19.8 Å². The minimum atomic E-state index is -3.82. The third kappa shape index (κ3) is 6.49. The van der Waals surface area contributed by atoms with E-state index < -0.39 is 15.8 Å². The number of anilines is 1. The van der Waals surface area contributed by atoms with Crippen LogP contribution in [0.1, 0.15) is 30.1 Å². The normalized spacial score (nSPS) is 11.6. The van der Waals surface area contributed by atoms with Gasteiger partial charge >= 0.3 is 0 Å². The number of oxazole rings is 1. The molecule has 0 unspecified atom stereocenters. The molecule has 12 heteroatoms. The van der Waals surface area contributed by atoms with Gasteiger partial charge in [0.15, 0.2) is 17.0 Å². The van der Waals surface area contributed by atoms with Gasteiger partial charge < -0.3 is 14.2 Å². The van der Waals surface area contributed by atoms with Crippen LogP contribution >= 0.6 is 0 Å². The number of nitrogens with zero attached hydrogens (tertiary/aromatic N) is 4. The molecule has 0 atom stereocenters. The van der Waals surface area contributed by atoms with E-state index in [1.807, 2.05) is 30.3 Å². The molecule has 0 aliphatic carbocycles. The van der Waals surface area contributed by atoms with Gasteiger partial charge in [0.2, 0.25) is 15.9 Å². The van der Waals surface area contributed by atoms with E-state index >= 15 is 0 Å². The Bertz CT molecular complexity index is 2220. The number of halogens is 1. The van der Waals surface area contributed by atoms with Crippen LogP contribution in [0.5, 0.6) is 0 Å². The molecule has 0 bridgehead atoms. The summed E-state index contributed by atoms with van der Waals surface area (Å²) in [6.07, 6.45) is 3.36. The van der Waals surface area contributed by atoms with E-state index in [0.29, 0.717) is 74.6 Å². The second kappa shape index (κ2) is 13.2. The SMILES string of the molecule is CCC(=O)c1c(-c2ccc(F)cc2)oc2cc(N(CCCNCC#N)S(C)(=O)=O)c(-c3cccc(-c4nc5ncccc5o4)c3)cc12. The smallest absolute Gasteiger partial charge is 0.232 e. The van der Waals surface area contributed by atoms with E-state index in [4.69, 9.17) is 14.1 Å². The van der Waals surface area contributed by atoms with Crippen molar-refractivity contribution < 1.29 is 26.4 Å². The molecule has 6 aromatic rings. The minimum Gasteiger partial charge on any atom is -0.455 e. The topological polar surface area (TPSA) is 142 Å². The molecule has 3 heterocycles. The standard InChI is InChI=1S/C35H30FN5O5S/c1-3-29(42)32-27-20-26(23-7-4-8-24(19-23)35-40-34-30(46-35)9-5-16-39-34)28(41(47(2,43)44)18-6-15-38-17-14-37)21-31(27)45-33(32)22-10-12-25(36)13-11-22/h4-5,7-13,16,19-21,38H,3,6,15,17-18H2,1-2H3. The molecule has 0 saturated carbocycles. The Morgan fingerprint density at radius 2 is 1.79 bits per heavy atom. The molecule has 10 nitrogen and oxygen atoms in total. The summed E-state index contributed by atoms with van der Waals surface area (Å²) in [6.45, 7) is 2.41. The highest BCUT2D eigenvalue weighted by Crippen LogP contribution is 2.43. The number of sulfonamides is 1. The van der Waals surface area contributed by atoms with Crippen LogP contribution in [0.3, 0.4) is 0 Å². The largest absolute Gasteiger partial charge is 0.455 e. The second-order valence-corrected chi connectivity index (χ2v) is 12.8. The zero-order valence-electron chi connectivity index (χ0n) is 25.7. The van der Waals surface area contributed by atoms with Gasteiger partial charge in [-0.3, -0.25) is 9.10 Å². The zero-order valence-corrected chi connectivity index (χ0v) is 26.5. The monoisotopic (exact) mass is 651 g/mol. The fourth-order valence-electron chi connectivity index (χ4n) is 5.50. The molecule has 0 aliphatic heterocycles. The van der Waals surface area contributed by atoms with Gasteiger partial charge in [-0.05, 0) is 73.1 Å². The third-order valence-corrected chi connectivity index (χ3v) is 8.87. The fourth-order valence-corrected chi connectivity index (χ4v) is 6.47. The number of fused-ring (bicyclic) bond motifs is 2. The van der Waals surface area contributed by atoms with Crippen molar-refractivity contribution in [3.63, 3.8) is 0 Å². The maximum atomic E-state index is 13.8. The summed E-state index contributed by atoms with van der Waals surface area (Å²) in [5, 5.41) is 12.3. The number of ketones is 1. The number of nitriles is 1. The summed E-state index contributed by atoms with van der Waals surface area (Å²) in [5.74, 6) is 0.00301. The van der Waals surface area contributed by atoms with E-state index in [1.165, 1.54) is 28.6 Å². The van der Waals surface area contributed by atoms with Gasteiger partial charge in [0.05, 0.1) is 30.1 Å². The van der Waals surface area contributed by atoms with E-state index in [2.05, 4.69) is 15.3 Å². The van der Waals surface area contributed by atoms with Crippen LogP contribution < -0.4 is 9.62 Å². The summed E-state index contributed by atoms with van der Waals surface area (Å²) in [5.41, 5.74) is 4.28. The summed E-state index contributed by atoms with van der Waals surface area (Å²) < 4.78 is 54.0. The number of hydrogen-bond donors (Lipinski definition) is 1. The Kier molecular flexibility index (Phi) is 8.84. The molecule has 238 valence electrons. The number of benzene rings is 3. The van der Waals surface area contributed by atoms with Crippen molar-refractivity contribution in [1.82, 2.24) is 15.3 Å². The van der Waals surface area contributed by atoms with Crippen LogP contribution in [0.2, 0.25) is 0 Å². The van der Waals surface area contributed by atoms with Gasteiger partial charge in [0.1, 0.15) is 17.2 Å². The number of carbonyl (C=O) groups is 1. The molecule has 3 aromatic carbocycles. The van der Waals surface area contributed by atoms with Crippen LogP contribution in [0.15, 0.2) is 87.8 Å². The van der Waals surface area contributed by atoms with Crippen LogP contribution in [0.4, 0.5) is 10.1 Å². The number of carbonyl (C=O) groups excluding carboxylic acids is 1. The van der Waals surface area contributed by atoms with Crippen molar-refractivity contribution in [3.05, 3.63) is 90.4 Å². The molecule has 0 saturated heterocycles. The molecular formula is C35H30FN5O5S. The summed E-state index contributed by atoms with van der Waals surface area (Å²) >= 11 is 0. The molecule has 6 rings (SSSR count). The molecular weight excluding hydrogens is 621 g/mol. The average Bonchev–Trinajstić information content (AvgIpc) is 3.67. The molecule has 47 heavy (non-hydrogen) atoms. The quantitative estimate of drug-likeness (QED) is 0.0843. The highest BCUT2D eigenvalue weighted by atomic mass is 32.2. The van der Waals surface area contributed by atoms with E-state index in [0.717, 1.165) is 6.26 Å². The molecule has 0 spiro atoms. The lowest BCUT2D eigenvalue weighted by Crippen LogP contribution is -2.33. The average molecular weight is 652 g/mol. The number of aromatic nitrogens is 2. The van der Waals surface area contributed by atoms with E-state index in [9.17, 15) is 17.6 Å².